The minimum atomic E-state index is -0.661. The molecule has 0 unspecified atom stereocenters. The highest BCUT2D eigenvalue weighted by atomic mass is 16.4. The Hall–Kier alpha value is -1.05. The van der Waals surface area contributed by atoms with Gasteiger partial charge < -0.3 is 5.11 Å². The third-order valence-electron chi connectivity index (χ3n) is 5.81. The number of carboxylic acid groups (broad SMARTS) is 1. The molecule has 0 aliphatic rings. The lowest BCUT2D eigenvalue weighted by Crippen LogP contribution is -1.93. The first-order chi connectivity index (χ1) is 14.8. The van der Waals surface area contributed by atoms with Gasteiger partial charge in [0.1, 0.15) is 0 Å². The van der Waals surface area contributed by atoms with E-state index in [9.17, 15) is 4.79 Å². The van der Waals surface area contributed by atoms with Crippen LogP contribution in [-0.4, -0.2) is 11.1 Å². The van der Waals surface area contributed by atoms with E-state index in [1.165, 1.54) is 122 Å². The van der Waals surface area contributed by atoms with Gasteiger partial charge in [-0.15, -0.1) is 0 Å². The highest BCUT2D eigenvalue weighted by Crippen LogP contribution is 2.11. The number of aliphatic carboxylic acids is 1. The summed E-state index contributed by atoms with van der Waals surface area (Å²) < 4.78 is 0. The monoisotopic (exact) mass is 420 g/mol. The summed E-state index contributed by atoms with van der Waals surface area (Å²) in [6, 6.07) is 0. The molecule has 0 aromatic carbocycles. The van der Waals surface area contributed by atoms with Gasteiger partial charge in [-0.05, 0) is 57.8 Å². The molecular weight excluding hydrogens is 368 g/mol. The van der Waals surface area contributed by atoms with Crippen LogP contribution in [0, 0.1) is 0 Å². The van der Waals surface area contributed by atoms with Crippen molar-refractivity contribution in [3.63, 3.8) is 0 Å². The van der Waals surface area contributed by atoms with Crippen LogP contribution < -0.4 is 0 Å². The Balaban J connectivity index is 3.14. The summed E-state index contributed by atoms with van der Waals surface area (Å²) in [6.45, 7) is 2.28. The number of hydrogen-bond acceptors (Lipinski definition) is 1. The third-order valence-corrected chi connectivity index (χ3v) is 5.81. The maximum Gasteiger partial charge on any atom is 0.303 e. The van der Waals surface area contributed by atoms with Crippen LogP contribution in [0.3, 0.4) is 0 Å². The normalized spacial score (nSPS) is 11.8. The van der Waals surface area contributed by atoms with E-state index in [4.69, 9.17) is 5.11 Å². The average Bonchev–Trinajstić information content (AvgIpc) is 2.73. The van der Waals surface area contributed by atoms with Crippen LogP contribution in [0.1, 0.15) is 148 Å². The molecule has 0 saturated heterocycles. The molecule has 1 N–H and O–H groups in total. The predicted molar refractivity (Wildman–Crippen MR) is 133 cm³/mol. The first kappa shape index (κ1) is 28.9. The van der Waals surface area contributed by atoms with Crippen LogP contribution in [0.25, 0.3) is 0 Å². The van der Waals surface area contributed by atoms with E-state index in [1.807, 2.05) is 0 Å². The van der Waals surface area contributed by atoms with Gasteiger partial charge in [-0.1, -0.05) is 108 Å². The van der Waals surface area contributed by atoms with E-state index in [1.54, 1.807) is 0 Å². The summed E-state index contributed by atoms with van der Waals surface area (Å²) in [5.41, 5.74) is 0. The lowest BCUT2D eigenvalue weighted by atomic mass is 10.1. The van der Waals surface area contributed by atoms with Gasteiger partial charge in [0.25, 0.3) is 0 Å². The van der Waals surface area contributed by atoms with Gasteiger partial charge in [-0.25, -0.2) is 0 Å². The third kappa shape index (κ3) is 27.0. The molecule has 2 heteroatoms. The Bertz CT molecular complexity index is 397. The topological polar surface area (TPSA) is 37.3 Å². The molecular formula is C28H52O2. The molecule has 0 aromatic heterocycles. The molecule has 2 nitrogen and oxygen atoms in total. The Kier molecular flexibility index (Phi) is 25.1. The zero-order chi connectivity index (χ0) is 22.0. The molecule has 0 bridgehead atoms. The number of unbranched alkanes of at least 4 members (excludes halogenated alkanes) is 18. The average molecular weight is 421 g/mol. The molecule has 0 rings (SSSR count). The fourth-order valence-electron chi connectivity index (χ4n) is 3.81. The lowest BCUT2D eigenvalue weighted by molar-refractivity contribution is -0.137. The molecule has 0 heterocycles. The molecule has 0 aromatic rings. The minimum absolute atomic E-state index is 0.332. The smallest absolute Gasteiger partial charge is 0.303 e. The van der Waals surface area contributed by atoms with Gasteiger partial charge in [-0.3, -0.25) is 4.79 Å². The van der Waals surface area contributed by atoms with Crippen LogP contribution in [0.5, 0.6) is 0 Å². The first-order valence-electron chi connectivity index (χ1n) is 13.3. The molecule has 0 aliphatic carbocycles. The van der Waals surface area contributed by atoms with Crippen molar-refractivity contribution in [2.45, 2.75) is 148 Å². The van der Waals surface area contributed by atoms with Crippen LogP contribution in [0.15, 0.2) is 24.3 Å². The maximum atomic E-state index is 10.4. The van der Waals surface area contributed by atoms with Crippen molar-refractivity contribution in [3.8, 4) is 0 Å². The summed E-state index contributed by atoms with van der Waals surface area (Å²) in [5, 5.41) is 8.59. The standard InChI is InChI=1S/C28H52O2/c1-2-3-4-5-6-7-8-9-10-11-12-13-14-15-16-17-18-19-20-21-22-23-24-25-26-27-28(29)30/h9-10,18-19H,2-8,11-17,20-27H2,1H3,(H,29,30). The van der Waals surface area contributed by atoms with Crippen LogP contribution in [-0.2, 0) is 4.79 Å². The van der Waals surface area contributed by atoms with Crippen molar-refractivity contribution >= 4 is 5.97 Å². The van der Waals surface area contributed by atoms with E-state index in [0.29, 0.717) is 6.42 Å². The van der Waals surface area contributed by atoms with Crippen molar-refractivity contribution < 1.29 is 9.90 Å². The van der Waals surface area contributed by atoms with E-state index in [-0.39, 0.29) is 0 Å². The quantitative estimate of drug-likeness (QED) is 0.125. The van der Waals surface area contributed by atoms with Gasteiger partial charge >= 0.3 is 5.97 Å². The fraction of sp³-hybridized carbons (Fsp3) is 0.821. The number of hydrogen-bond donors (Lipinski definition) is 1. The van der Waals surface area contributed by atoms with Crippen molar-refractivity contribution in [3.05, 3.63) is 24.3 Å². The van der Waals surface area contributed by atoms with Gasteiger partial charge in [0.15, 0.2) is 0 Å². The summed E-state index contributed by atoms with van der Waals surface area (Å²) in [7, 11) is 0. The van der Waals surface area contributed by atoms with Gasteiger partial charge in [-0.2, -0.15) is 0 Å². The molecule has 0 radical (unpaired) electrons. The van der Waals surface area contributed by atoms with Crippen LogP contribution in [0.2, 0.25) is 0 Å². The first-order valence-corrected chi connectivity index (χ1v) is 13.3. The predicted octanol–water partition coefficient (Wildman–Crippen LogP) is 9.79. The molecule has 0 amide bonds. The van der Waals surface area contributed by atoms with Crippen molar-refractivity contribution in [1.82, 2.24) is 0 Å². The van der Waals surface area contributed by atoms with Gasteiger partial charge in [0.05, 0.1) is 0 Å². The molecule has 0 saturated carbocycles. The van der Waals surface area contributed by atoms with Crippen LogP contribution >= 0.6 is 0 Å². The number of rotatable bonds is 24. The highest BCUT2D eigenvalue weighted by molar-refractivity contribution is 5.66. The Labute approximate surface area is 188 Å². The SMILES string of the molecule is CCCCCCCCC=CCCCCCCCC=CCCCCCCCCC(=O)O. The Morgan fingerprint density at radius 1 is 0.500 bits per heavy atom. The molecule has 30 heavy (non-hydrogen) atoms. The zero-order valence-electron chi connectivity index (χ0n) is 20.2. The van der Waals surface area contributed by atoms with Crippen molar-refractivity contribution in [2.75, 3.05) is 0 Å². The van der Waals surface area contributed by atoms with Crippen molar-refractivity contribution in [2.24, 2.45) is 0 Å². The second kappa shape index (κ2) is 26.0. The summed E-state index contributed by atoms with van der Waals surface area (Å²) in [6.07, 6.45) is 37.0. The lowest BCUT2D eigenvalue weighted by Gasteiger charge is -2.00. The van der Waals surface area contributed by atoms with E-state index >= 15 is 0 Å². The second-order valence-corrected chi connectivity index (χ2v) is 8.90. The summed E-state index contributed by atoms with van der Waals surface area (Å²) in [5.74, 6) is -0.661. The molecule has 0 aliphatic heterocycles. The number of carboxylic acids is 1. The molecule has 176 valence electrons. The Morgan fingerprint density at radius 3 is 1.13 bits per heavy atom. The van der Waals surface area contributed by atoms with E-state index in [2.05, 4.69) is 31.2 Å². The van der Waals surface area contributed by atoms with E-state index in [0.717, 1.165) is 12.8 Å². The zero-order valence-corrected chi connectivity index (χ0v) is 20.2. The fourth-order valence-corrected chi connectivity index (χ4v) is 3.81. The molecule has 0 fully saturated rings. The Morgan fingerprint density at radius 2 is 0.800 bits per heavy atom. The second-order valence-electron chi connectivity index (χ2n) is 8.90. The van der Waals surface area contributed by atoms with Gasteiger partial charge in [0, 0.05) is 6.42 Å². The number of carbonyl (C=O) groups is 1. The highest BCUT2D eigenvalue weighted by Gasteiger charge is 1.96. The van der Waals surface area contributed by atoms with E-state index < -0.39 is 5.97 Å². The largest absolute Gasteiger partial charge is 0.481 e. The summed E-state index contributed by atoms with van der Waals surface area (Å²) in [4.78, 5) is 10.4. The minimum Gasteiger partial charge on any atom is -0.481 e. The van der Waals surface area contributed by atoms with Crippen LogP contribution in [0.4, 0.5) is 0 Å². The maximum absolute atomic E-state index is 10.4. The summed E-state index contributed by atoms with van der Waals surface area (Å²) >= 11 is 0. The molecule has 0 spiro atoms. The number of allylic oxidation sites excluding steroid dienone is 4. The molecule has 0 atom stereocenters. The van der Waals surface area contributed by atoms with Crippen molar-refractivity contribution in [1.29, 1.82) is 0 Å². The van der Waals surface area contributed by atoms with Gasteiger partial charge in [0.2, 0.25) is 0 Å².